The lowest BCUT2D eigenvalue weighted by Gasteiger charge is -2.43. The summed E-state index contributed by atoms with van der Waals surface area (Å²) in [6, 6.07) is 15.3. The van der Waals surface area contributed by atoms with E-state index in [4.69, 9.17) is 0 Å². The van der Waals surface area contributed by atoms with E-state index >= 15 is 0 Å². The van der Waals surface area contributed by atoms with E-state index in [2.05, 4.69) is 28.5 Å². The number of aryl methyl sites for hydroxylation is 1. The van der Waals surface area contributed by atoms with Crippen molar-refractivity contribution in [2.24, 2.45) is 0 Å². The maximum atomic E-state index is 13.7. The fourth-order valence-corrected chi connectivity index (χ4v) is 5.59. The number of nitrogens with zero attached hydrogens (tertiary/aromatic N) is 4. The number of hydrogen-bond donors (Lipinski definition) is 0. The van der Waals surface area contributed by atoms with Gasteiger partial charge in [-0.2, -0.15) is 0 Å². The average Bonchev–Trinajstić information content (AvgIpc) is 2.91. The minimum atomic E-state index is -0.204. The number of amides is 1. The van der Waals surface area contributed by atoms with Gasteiger partial charge in [-0.3, -0.25) is 24.3 Å². The molecule has 0 radical (unpaired) electrons. The monoisotopic (exact) mass is 508 g/mol. The topological polar surface area (TPSA) is 47.1 Å². The zero-order valence-corrected chi connectivity index (χ0v) is 22.5. The van der Waals surface area contributed by atoms with E-state index in [1.54, 1.807) is 19.1 Å². The van der Waals surface area contributed by atoms with E-state index < -0.39 is 0 Å². The number of rotatable bonds is 9. The van der Waals surface area contributed by atoms with Crippen LogP contribution in [0.15, 0.2) is 48.5 Å². The molecule has 0 aliphatic carbocycles. The van der Waals surface area contributed by atoms with E-state index in [0.29, 0.717) is 37.5 Å². The minimum absolute atomic E-state index is 0.0398. The molecular formula is C30H41FN4O2. The van der Waals surface area contributed by atoms with Crippen LogP contribution < -0.4 is 0 Å². The van der Waals surface area contributed by atoms with E-state index in [1.165, 1.54) is 0 Å². The predicted octanol–water partition coefficient (Wildman–Crippen LogP) is 3.87. The zero-order chi connectivity index (χ0) is 26.4. The molecule has 2 fully saturated rings. The van der Waals surface area contributed by atoms with Gasteiger partial charge in [-0.05, 0) is 50.5 Å². The highest BCUT2D eigenvalue weighted by Gasteiger charge is 2.29. The fourth-order valence-electron chi connectivity index (χ4n) is 5.59. The maximum absolute atomic E-state index is 13.7. The van der Waals surface area contributed by atoms with Crippen LogP contribution in [-0.2, 0) is 11.2 Å². The molecule has 2 aliphatic heterocycles. The Labute approximate surface area is 221 Å². The Morgan fingerprint density at radius 1 is 0.838 bits per heavy atom. The Morgan fingerprint density at radius 2 is 1.46 bits per heavy atom. The number of ketones is 1. The highest BCUT2D eigenvalue weighted by Crippen LogP contribution is 2.25. The summed E-state index contributed by atoms with van der Waals surface area (Å²) < 4.78 is 13.7. The quantitative estimate of drug-likeness (QED) is 0.482. The second-order valence-corrected chi connectivity index (χ2v) is 10.6. The van der Waals surface area contributed by atoms with Crippen molar-refractivity contribution in [3.05, 3.63) is 71.0 Å². The number of piperazine rings is 2. The van der Waals surface area contributed by atoms with Gasteiger partial charge in [0.05, 0.1) is 0 Å². The third-order valence-electron chi connectivity index (χ3n) is 7.94. The Hall–Kier alpha value is -2.61. The first kappa shape index (κ1) is 27.4. The Bertz CT molecular complexity index is 1040. The van der Waals surface area contributed by atoms with Crippen LogP contribution in [0.3, 0.4) is 0 Å². The summed E-state index contributed by atoms with van der Waals surface area (Å²) >= 11 is 0. The lowest BCUT2D eigenvalue weighted by molar-refractivity contribution is -0.133. The van der Waals surface area contributed by atoms with Crippen molar-refractivity contribution >= 4 is 11.7 Å². The van der Waals surface area contributed by atoms with Crippen molar-refractivity contribution in [3.63, 3.8) is 0 Å². The number of Topliss-reactive ketones (excluding diaryl/α,β-unsaturated/α-hetero) is 1. The smallest absolute Gasteiger partial charge is 0.222 e. The molecule has 0 aromatic heterocycles. The van der Waals surface area contributed by atoms with E-state index in [1.807, 2.05) is 41.3 Å². The van der Waals surface area contributed by atoms with Gasteiger partial charge in [-0.15, -0.1) is 0 Å². The zero-order valence-electron chi connectivity index (χ0n) is 22.5. The first-order valence-corrected chi connectivity index (χ1v) is 13.6. The molecule has 2 aliphatic rings. The number of carbonyl (C=O) groups excluding carboxylic acids is 2. The number of benzene rings is 2. The van der Waals surface area contributed by atoms with E-state index in [9.17, 15) is 14.0 Å². The van der Waals surface area contributed by atoms with Crippen LogP contribution in [0.1, 0.15) is 54.7 Å². The molecule has 1 amide bonds. The van der Waals surface area contributed by atoms with Crippen molar-refractivity contribution in [1.82, 2.24) is 19.6 Å². The van der Waals surface area contributed by atoms with Gasteiger partial charge in [0.2, 0.25) is 5.91 Å². The summed E-state index contributed by atoms with van der Waals surface area (Å²) in [6.45, 7) is 14.1. The van der Waals surface area contributed by atoms with Gasteiger partial charge < -0.3 is 4.90 Å². The van der Waals surface area contributed by atoms with Gasteiger partial charge >= 0.3 is 0 Å². The van der Waals surface area contributed by atoms with E-state index in [-0.39, 0.29) is 23.5 Å². The highest BCUT2D eigenvalue weighted by atomic mass is 19.1. The first-order valence-electron chi connectivity index (χ1n) is 13.6. The molecule has 2 aromatic rings. The van der Waals surface area contributed by atoms with Gasteiger partial charge in [0.25, 0.3) is 0 Å². The highest BCUT2D eigenvalue weighted by molar-refractivity contribution is 5.95. The van der Waals surface area contributed by atoms with E-state index in [0.717, 1.165) is 56.9 Å². The molecular weight excluding hydrogens is 467 g/mol. The molecule has 0 bridgehead atoms. The molecule has 6 nitrogen and oxygen atoms in total. The predicted molar refractivity (Wildman–Crippen MR) is 145 cm³/mol. The molecule has 7 heteroatoms. The summed E-state index contributed by atoms with van der Waals surface area (Å²) in [5.41, 5.74) is 2.81. The molecule has 37 heavy (non-hydrogen) atoms. The third kappa shape index (κ3) is 7.24. The second kappa shape index (κ2) is 12.8. The van der Waals surface area contributed by atoms with Crippen LogP contribution in [0.25, 0.3) is 0 Å². The third-order valence-corrected chi connectivity index (χ3v) is 7.94. The van der Waals surface area contributed by atoms with Crippen molar-refractivity contribution in [1.29, 1.82) is 0 Å². The van der Waals surface area contributed by atoms with Gasteiger partial charge in [-0.1, -0.05) is 36.4 Å². The Balaban J connectivity index is 1.32. The maximum Gasteiger partial charge on any atom is 0.222 e. The minimum Gasteiger partial charge on any atom is -0.340 e. The average molecular weight is 509 g/mol. The molecule has 2 aromatic carbocycles. The molecule has 4 rings (SSSR count). The Kier molecular flexibility index (Phi) is 9.46. The van der Waals surface area contributed by atoms with Gasteiger partial charge in [-0.25, -0.2) is 4.39 Å². The first-order chi connectivity index (χ1) is 17.8. The fraction of sp³-hybridized carbons (Fsp3) is 0.533. The summed E-state index contributed by atoms with van der Waals surface area (Å²) in [4.78, 5) is 34.3. The van der Waals surface area contributed by atoms with Gasteiger partial charge in [0, 0.05) is 83.0 Å². The molecule has 2 heterocycles. The molecule has 0 spiro atoms. The molecule has 200 valence electrons. The lowest BCUT2D eigenvalue weighted by atomic mass is 10.00. The van der Waals surface area contributed by atoms with Gasteiger partial charge in [0.1, 0.15) is 5.82 Å². The van der Waals surface area contributed by atoms with Crippen molar-refractivity contribution in [2.45, 2.75) is 45.7 Å². The SMILES string of the molecule is CC(=O)c1ccccc1CCC(=O)N1CCN(CC(c2ccc(F)cc2)N2CCN(C(C)C)CC2)CC1. The van der Waals surface area contributed by atoms with Crippen molar-refractivity contribution in [2.75, 3.05) is 58.9 Å². The van der Waals surface area contributed by atoms with Crippen LogP contribution in [0.2, 0.25) is 0 Å². The second-order valence-electron chi connectivity index (χ2n) is 10.6. The molecule has 1 atom stereocenters. The van der Waals surface area contributed by atoms with Crippen LogP contribution in [-0.4, -0.2) is 96.2 Å². The number of halogens is 1. The Morgan fingerprint density at radius 3 is 2.08 bits per heavy atom. The van der Waals surface area contributed by atoms with Crippen LogP contribution in [0, 0.1) is 5.82 Å². The van der Waals surface area contributed by atoms with Crippen molar-refractivity contribution < 1.29 is 14.0 Å². The molecule has 2 saturated heterocycles. The van der Waals surface area contributed by atoms with Crippen LogP contribution in [0.5, 0.6) is 0 Å². The molecule has 1 unspecified atom stereocenters. The largest absolute Gasteiger partial charge is 0.340 e. The molecule has 0 saturated carbocycles. The number of carbonyl (C=O) groups is 2. The molecule has 0 N–H and O–H groups in total. The van der Waals surface area contributed by atoms with Gasteiger partial charge in [0.15, 0.2) is 5.78 Å². The summed E-state index contributed by atoms with van der Waals surface area (Å²) in [6.07, 6.45) is 1.01. The lowest BCUT2D eigenvalue weighted by Crippen LogP contribution is -2.54. The van der Waals surface area contributed by atoms with Crippen LogP contribution >= 0.6 is 0 Å². The summed E-state index contributed by atoms with van der Waals surface area (Å²) in [7, 11) is 0. The summed E-state index contributed by atoms with van der Waals surface area (Å²) in [5, 5.41) is 0. The standard InChI is InChI=1S/C30H41FN4O2/c1-23(2)33-18-20-34(21-19-33)29(26-8-11-27(31)12-9-26)22-32-14-16-35(17-15-32)30(37)13-10-25-6-4-5-7-28(25)24(3)36/h4-9,11-12,23,29H,10,13-22H2,1-3H3. The van der Waals surface area contributed by atoms with Crippen molar-refractivity contribution in [3.8, 4) is 0 Å². The summed E-state index contributed by atoms with van der Waals surface area (Å²) in [5.74, 6) is -0.0129. The number of hydrogen-bond acceptors (Lipinski definition) is 5. The van der Waals surface area contributed by atoms with Crippen LogP contribution in [0.4, 0.5) is 4.39 Å². The normalized spacial score (nSPS) is 18.8.